The first-order chi connectivity index (χ1) is 15.0. The second-order valence-electron chi connectivity index (χ2n) is 7.52. The van der Waals surface area contributed by atoms with Gasteiger partial charge in [0.2, 0.25) is 0 Å². The number of fused-ring (bicyclic) bond motifs is 1. The zero-order valence-electron chi connectivity index (χ0n) is 17.7. The Bertz CT molecular complexity index is 1150. The molecule has 1 atom stereocenters. The van der Waals surface area contributed by atoms with Crippen molar-refractivity contribution in [3.8, 4) is 17.2 Å². The summed E-state index contributed by atoms with van der Waals surface area (Å²) in [5.41, 5.74) is 0.807. The maximum Gasteiger partial charge on any atom is 0.573 e. The van der Waals surface area contributed by atoms with Crippen LogP contribution < -0.4 is 9.47 Å². The first-order valence-corrected chi connectivity index (χ1v) is 9.95. The minimum Gasteiger partial charge on any atom is -0.508 e. The van der Waals surface area contributed by atoms with Gasteiger partial charge in [-0.3, -0.25) is 14.2 Å². The van der Waals surface area contributed by atoms with E-state index in [0.717, 1.165) is 18.6 Å². The van der Waals surface area contributed by atoms with Crippen LogP contribution in [0, 0.1) is 12.8 Å². The average Bonchev–Trinajstić information content (AvgIpc) is 2.97. The summed E-state index contributed by atoms with van der Waals surface area (Å²) in [6.07, 6.45) is -3.85. The number of nitrogens with zero attached hydrogens (tertiary/aromatic N) is 1. The zero-order valence-corrected chi connectivity index (χ0v) is 17.7. The zero-order chi connectivity index (χ0) is 23.6. The molecule has 1 heterocycles. The molecule has 6 nitrogen and oxygen atoms in total. The lowest BCUT2D eigenvalue weighted by atomic mass is 10.1. The Morgan fingerprint density at radius 1 is 1.12 bits per heavy atom. The Morgan fingerprint density at radius 2 is 1.78 bits per heavy atom. The Kier molecular flexibility index (Phi) is 6.47. The Hall–Kier alpha value is -3.49. The molecule has 32 heavy (non-hydrogen) atoms. The number of aromatic nitrogens is 1. The fourth-order valence-electron chi connectivity index (χ4n) is 3.28. The van der Waals surface area contributed by atoms with Crippen molar-refractivity contribution in [2.45, 2.75) is 40.0 Å². The second kappa shape index (κ2) is 8.94. The third-order valence-electron chi connectivity index (χ3n) is 5.10. The number of halogens is 3. The van der Waals surface area contributed by atoms with E-state index in [0.29, 0.717) is 16.6 Å². The fourth-order valence-corrected chi connectivity index (χ4v) is 3.28. The maximum absolute atomic E-state index is 13.2. The fraction of sp³-hybridized carbons (Fsp3) is 0.304. The van der Waals surface area contributed by atoms with Crippen molar-refractivity contribution in [3.63, 3.8) is 0 Å². The first kappa shape index (κ1) is 23.2. The molecule has 1 unspecified atom stereocenters. The van der Waals surface area contributed by atoms with Crippen molar-refractivity contribution in [1.29, 1.82) is 0 Å². The smallest absolute Gasteiger partial charge is 0.508 e. The summed E-state index contributed by atoms with van der Waals surface area (Å²) < 4.78 is 47.8. The van der Waals surface area contributed by atoms with Crippen LogP contribution in [-0.4, -0.2) is 27.9 Å². The van der Waals surface area contributed by atoms with Gasteiger partial charge in [-0.15, -0.1) is 13.2 Å². The Morgan fingerprint density at radius 3 is 2.38 bits per heavy atom. The van der Waals surface area contributed by atoms with Crippen LogP contribution in [0.3, 0.4) is 0 Å². The topological polar surface area (TPSA) is 77.8 Å². The molecular weight excluding hydrogens is 427 g/mol. The molecule has 9 heteroatoms. The number of aromatic hydroxyl groups is 1. The van der Waals surface area contributed by atoms with Crippen molar-refractivity contribution >= 4 is 22.8 Å². The van der Waals surface area contributed by atoms with E-state index in [4.69, 9.17) is 4.74 Å². The van der Waals surface area contributed by atoms with Crippen molar-refractivity contribution in [1.82, 2.24) is 4.57 Å². The third-order valence-corrected chi connectivity index (χ3v) is 5.10. The minimum absolute atomic E-state index is 0.0741. The summed E-state index contributed by atoms with van der Waals surface area (Å²) in [4.78, 5) is 25.6. The molecule has 3 rings (SSSR count). The maximum atomic E-state index is 13.2. The van der Waals surface area contributed by atoms with E-state index in [1.807, 2.05) is 13.8 Å². The highest BCUT2D eigenvalue weighted by Crippen LogP contribution is 2.36. The summed E-state index contributed by atoms with van der Waals surface area (Å²) in [5, 5.41) is 10.3. The van der Waals surface area contributed by atoms with Gasteiger partial charge in [-0.25, -0.2) is 0 Å². The number of carbonyl (C=O) groups is 2. The van der Waals surface area contributed by atoms with Gasteiger partial charge in [0.25, 0.3) is 5.91 Å². The summed E-state index contributed by atoms with van der Waals surface area (Å²) in [6, 6.07) is 8.78. The van der Waals surface area contributed by atoms with Gasteiger partial charge in [-0.1, -0.05) is 20.3 Å². The molecule has 0 amide bonds. The average molecular weight is 449 g/mol. The van der Waals surface area contributed by atoms with E-state index in [1.54, 1.807) is 6.92 Å². The molecule has 2 aromatic carbocycles. The highest BCUT2D eigenvalue weighted by molar-refractivity contribution is 6.05. The second-order valence-corrected chi connectivity index (χ2v) is 7.52. The van der Waals surface area contributed by atoms with Gasteiger partial charge in [0.15, 0.2) is 5.75 Å². The predicted octanol–water partition coefficient (Wildman–Crippen LogP) is 5.58. The van der Waals surface area contributed by atoms with E-state index in [-0.39, 0.29) is 29.4 Å². The molecule has 0 saturated carbocycles. The number of rotatable bonds is 6. The van der Waals surface area contributed by atoms with E-state index in [1.165, 1.54) is 34.9 Å². The highest BCUT2D eigenvalue weighted by Gasteiger charge is 2.31. The van der Waals surface area contributed by atoms with Gasteiger partial charge < -0.3 is 14.6 Å². The van der Waals surface area contributed by atoms with Gasteiger partial charge in [-0.05, 0) is 55.3 Å². The molecule has 0 bridgehead atoms. The molecule has 1 aromatic heterocycles. The molecule has 170 valence electrons. The van der Waals surface area contributed by atoms with Crippen molar-refractivity contribution in [2.75, 3.05) is 0 Å². The minimum atomic E-state index is -4.84. The van der Waals surface area contributed by atoms with Crippen LogP contribution in [0.4, 0.5) is 13.2 Å². The van der Waals surface area contributed by atoms with Crippen LogP contribution in [-0.2, 0) is 4.79 Å². The Balaban J connectivity index is 2.00. The van der Waals surface area contributed by atoms with E-state index >= 15 is 0 Å². The standard InChI is InChI=1S/C23H22F3NO5/c1-4-13(2)11-20(29)31-21-14(3)27(19-10-7-16(28)12-18(19)21)22(30)15-5-8-17(9-6-15)32-23(24,25)26/h5-10,12-13,28H,4,11H2,1-3H3. The molecule has 1 N–H and O–H groups in total. The molecule has 0 aliphatic heterocycles. The molecular formula is C23H22F3NO5. The summed E-state index contributed by atoms with van der Waals surface area (Å²) >= 11 is 0. The molecule has 0 spiro atoms. The van der Waals surface area contributed by atoms with Crippen LogP contribution in [0.1, 0.15) is 42.7 Å². The molecule has 3 aromatic rings. The van der Waals surface area contributed by atoms with Crippen molar-refractivity contribution in [2.24, 2.45) is 5.92 Å². The summed E-state index contributed by atoms with van der Waals surface area (Å²) in [6.45, 7) is 5.46. The van der Waals surface area contributed by atoms with E-state index in [2.05, 4.69) is 4.74 Å². The van der Waals surface area contributed by atoms with Crippen LogP contribution in [0.2, 0.25) is 0 Å². The lowest BCUT2D eigenvalue weighted by Crippen LogP contribution is -2.17. The van der Waals surface area contributed by atoms with Crippen LogP contribution >= 0.6 is 0 Å². The third kappa shape index (κ3) is 5.04. The van der Waals surface area contributed by atoms with Crippen molar-refractivity contribution < 1.29 is 37.3 Å². The molecule has 0 aliphatic carbocycles. The Labute approximate surface area is 182 Å². The lowest BCUT2D eigenvalue weighted by molar-refractivity contribution is -0.274. The first-order valence-electron chi connectivity index (χ1n) is 9.95. The summed E-state index contributed by atoms with van der Waals surface area (Å²) in [5.74, 6) is -1.27. The van der Waals surface area contributed by atoms with Crippen molar-refractivity contribution in [3.05, 3.63) is 53.7 Å². The lowest BCUT2D eigenvalue weighted by Gasteiger charge is -2.11. The number of esters is 1. The number of hydrogen-bond acceptors (Lipinski definition) is 5. The van der Waals surface area contributed by atoms with E-state index < -0.39 is 24.0 Å². The number of ether oxygens (including phenoxy) is 2. The monoisotopic (exact) mass is 449 g/mol. The number of alkyl halides is 3. The van der Waals surface area contributed by atoms with E-state index in [9.17, 15) is 27.9 Å². The molecule has 0 radical (unpaired) electrons. The SMILES string of the molecule is CCC(C)CC(=O)Oc1c(C)n(C(=O)c2ccc(OC(F)(F)F)cc2)c2ccc(O)cc12. The van der Waals surface area contributed by atoms with Gasteiger partial charge in [0, 0.05) is 17.4 Å². The summed E-state index contributed by atoms with van der Waals surface area (Å²) in [7, 11) is 0. The molecule has 0 fully saturated rings. The van der Waals surface area contributed by atoms with Crippen LogP contribution in [0.25, 0.3) is 10.9 Å². The quantitative estimate of drug-likeness (QED) is 0.497. The number of phenols is 1. The van der Waals surface area contributed by atoms with Crippen LogP contribution in [0.5, 0.6) is 17.2 Å². The van der Waals surface area contributed by atoms with Gasteiger partial charge in [0.1, 0.15) is 11.5 Å². The van der Waals surface area contributed by atoms with Gasteiger partial charge >= 0.3 is 12.3 Å². The normalized spacial score (nSPS) is 12.6. The predicted molar refractivity (Wildman–Crippen MR) is 111 cm³/mol. The van der Waals surface area contributed by atoms with Gasteiger partial charge in [-0.2, -0.15) is 0 Å². The van der Waals surface area contributed by atoms with Gasteiger partial charge in [0.05, 0.1) is 11.2 Å². The molecule has 0 aliphatic rings. The number of hydrogen-bond donors (Lipinski definition) is 1. The largest absolute Gasteiger partial charge is 0.573 e. The number of phenolic OH excluding ortho intramolecular Hbond substituents is 1. The molecule has 0 saturated heterocycles. The number of carbonyl (C=O) groups excluding carboxylic acids is 2. The van der Waals surface area contributed by atoms with Crippen LogP contribution in [0.15, 0.2) is 42.5 Å². The number of benzene rings is 2. The highest BCUT2D eigenvalue weighted by atomic mass is 19.4.